The number of benzene rings is 1. The highest BCUT2D eigenvalue weighted by atomic mass is 16.7. The lowest BCUT2D eigenvalue weighted by atomic mass is 9.81. The number of unbranched alkanes of at least 4 members (excludes halogenated alkanes) is 2. The Morgan fingerprint density at radius 3 is 2.81 bits per heavy atom. The molecule has 1 saturated carbocycles. The van der Waals surface area contributed by atoms with Gasteiger partial charge in [0.1, 0.15) is 5.75 Å². The number of ether oxygens (including phenoxy) is 2. The van der Waals surface area contributed by atoms with E-state index in [0.29, 0.717) is 23.5 Å². The number of phenolic OH excluding ortho intramolecular Hbond substituents is 1. The molecule has 0 bridgehead atoms. The molecule has 0 radical (unpaired) electrons. The fraction of sp³-hybridized carbons (Fsp3) is 0.714. The summed E-state index contributed by atoms with van der Waals surface area (Å²) in [5.74, 6) is 3.00. The molecule has 2 fully saturated rings. The molecule has 0 aromatic heterocycles. The van der Waals surface area contributed by atoms with Gasteiger partial charge in [0.25, 0.3) is 0 Å². The standard InChI is InChI=1S/C28H44O3/c1-4-6-7-13-25(31-28-14-8-9-17-30-28)15-16-26-21(3)18-23(5-2)27(26)20-22-11-10-12-24(29)19-22/h10-12,15-16,19,21,23,25-29H,4-9,13-14,17-18,20H2,1-3H3/b16-15+/t21-,23+,25+,26+,27+,28?/m1/s1. The van der Waals surface area contributed by atoms with Gasteiger partial charge >= 0.3 is 0 Å². The first-order valence-corrected chi connectivity index (χ1v) is 12.8. The van der Waals surface area contributed by atoms with Crippen molar-refractivity contribution in [1.82, 2.24) is 0 Å². The van der Waals surface area contributed by atoms with Crippen molar-refractivity contribution in [3.05, 3.63) is 42.0 Å². The summed E-state index contributed by atoms with van der Waals surface area (Å²) >= 11 is 0. The normalized spacial score (nSPS) is 30.1. The molecule has 0 amide bonds. The summed E-state index contributed by atoms with van der Waals surface area (Å²) in [6.45, 7) is 7.83. The number of hydrogen-bond donors (Lipinski definition) is 1. The minimum atomic E-state index is -0.0301. The lowest BCUT2D eigenvalue weighted by Gasteiger charge is -2.28. The molecule has 6 atom stereocenters. The highest BCUT2D eigenvalue weighted by molar-refractivity contribution is 5.28. The molecule has 174 valence electrons. The van der Waals surface area contributed by atoms with Gasteiger partial charge in [-0.25, -0.2) is 0 Å². The van der Waals surface area contributed by atoms with Crippen LogP contribution >= 0.6 is 0 Å². The number of aromatic hydroxyl groups is 1. The summed E-state index contributed by atoms with van der Waals surface area (Å²) in [6, 6.07) is 7.83. The van der Waals surface area contributed by atoms with Gasteiger partial charge in [0.05, 0.1) is 6.10 Å². The van der Waals surface area contributed by atoms with Crippen molar-refractivity contribution in [3.63, 3.8) is 0 Å². The van der Waals surface area contributed by atoms with Gasteiger partial charge in [0.2, 0.25) is 0 Å². The van der Waals surface area contributed by atoms with E-state index in [0.717, 1.165) is 38.2 Å². The van der Waals surface area contributed by atoms with Crippen LogP contribution in [0.2, 0.25) is 0 Å². The van der Waals surface area contributed by atoms with Crippen LogP contribution in [0.3, 0.4) is 0 Å². The number of phenols is 1. The fourth-order valence-corrected chi connectivity index (χ4v) is 5.68. The maximum atomic E-state index is 9.92. The molecule has 1 aromatic rings. The molecule has 1 saturated heterocycles. The molecule has 3 nitrogen and oxygen atoms in total. The van der Waals surface area contributed by atoms with Crippen LogP contribution in [0.15, 0.2) is 36.4 Å². The SMILES string of the molecule is CCCCC[C@@H](/C=C/[C@@H]1[C@@H](Cc2cccc(O)c2)[C@@H](CC)C[C@H]1C)OC1CCCCO1. The molecule has 3 heteroatoms. The van der Waals surface area contributed by atoms with E-state index in [1.54, 1.807) is 6.07 Å². The van der Waals surface area contributed by atoms with Crippen LogP contribution in [0.5, 0.6) is 5.75 Å². The minimum absolute atomic E-state index is 0.0301. The Balaban J connectivity index is 1.70. The Labute approximate surface area is 190 Å². The lowest BCUT2D eigenvalue weighted by molar-refractivity contribution is -0.179. The Hall–Kier alpha value is -1.32. The summed E-state index contributed by atoms with van der Waals surface area (Å²) < 4.78 is 12.3. The third-order valence-corrected chi connectivity index (χ3v) is 7.44. The molecule has 1 aliphatic heterocycles. The quantitative estimate of drug-likeness (QED) is 0.297. The highest BCUT2D eigenvalue weighted by Crippen LogP contribution is 2.45. The van der Waals surface area contributed by atoms with Crippen molar-refractivity contribution in [2.75, 3.05) is 6.61 Å². The van der Waals surface area contributed by atoms with Crippen molar-refractivity contribution in [1.29, 1.82) is 0 Å². The third kappa shape index (κ3) is 7.36. The number of hydrogen-bond acceptors (Lipinski definition) is 3. The molecular weight excluding hydrogens is 384 g/mol. The Morgan fingerprint density at radius 2 is 2.10 bits per heavy atom. The Kier molecular flexibility index (Phi) is 9.93. The summed E-state index contributed by atoms with van der Waals surface area (Å²) in [7, 11) is 0. The van der Waals surface area contributed by atoms with E-state index in [4.69, 9.17) is 9.47 Å². The maximum Gasteiger partial charge on any atom is 0.158 e. The molecule has 1 aromatic carbocycles. The Bertz CT molecular complexity index is 664. The average Bonchev–Trinajstić information content (AvgIpc) is 3.07. The largest absolute Gasteiger partial charge is 0.508 e. The fourth-order valence-electron chi connectivity index (χ4n) is 5.68. The molecule has 0 spiro atoms. The van der Waals surface area contributed by atoms with Crippen LogP contribution in [0, 0.1) is 23.7 Å². The first kappa shape index (κ1) is 24.3. The molecule has 1 aliphatic carbocycles. The van der Waals surface area contributed by atoms with Gasteiger partial charge in [0, 0.05) is 6.61 Å². The molecule has 2 aliphatic rings. The predicted molar refractivity (Wildman–Crippen MR) is 128 cm³/mol. The van der Waals surface area contributed by atoms with E-state index in [2.05, 4.69) is 39.0 Å². The van der Waals surface area contributed by atoms with Gasteiger partial charge in [-0.3, -0.25) is 0 Å². The summed E-state index contributed by atoms with van der Waals surface area (Å²) in [6.07, 6.45) is 16.7. The van der Waals surface area contributed by atoms with Crippen LogP contribution in [0.25, 0.3) is 0 Å². The first-order valence-electron chi connectivity index (χ1n) is 12.8. The second kappa shape index (κ2) is 12.6. The van der Waals surface area contributed by atoms with Crippen LogP contribution < -0.4 is 0 Å². The molecule has 1 N–H and O–H groups in total. The van der Waals surface area contributed by atoms with Crippen molar-refractivity contribution in [2.45, 2.75) is 97.4 Å². The summed E-state index contributed by atoms with van der Waals surface area (Å²) in [5, 5.41) is 9.92. The monoisotopic (exact) mass is 428 g/mol. The zero-order chi connectivity index (χ0) is 22.1. The molecule has 3 rings (SSSR count). The van der Waals surface area contributed by atoms with Crippen LogP contribution in [0.4, 0.5) is 0 Å². The Morgan fingerprint density at radius 1 is 1.23 bits per heavy atom. The van der Waals surface area contributed by atoms with Crippen LogP contribution in [-0.4, -0.2) is 24.1 Å². The zero-order valence-corrected chi connectivity index (χ0v) is 20.0. The lowest BCUT2D eigenvalue weighted by Crippen LogP contribution is -2.27. The molecule has 1 heterocycles. The van der Waals surface area contributed by atoms with Crippen LogP contribution in [-0.2, 0) is 15.9 Å². The topological polar surface area (TPSA) is 38.7 Å². The van der Waals surface area contributed by atoms with Gasteiger partial charge in [-0.05, 0) is 79.9 Å². The predicted octanol–water partition coefficient (Wildman–Crippen LogP) is 7.28. The maximum absolute atomic E-state index is 9.92. The molecule has 1 unspecified atom stereocenters. The minimum Gasteiger partial charge on any atom is -0.508 e. The average molecular weight is 429 g/mol. The van der Waals surface area contributed by atoms with Gasteiger partial charge < -0.3 is 14.6 Å². The van der Waals surface area contributed by atoms with E-state index >= 15 is 0 Å². The van der Waals surface area contributed by atoms with Crippen molar-refractivity contribution in [3.8, 4) is 5.75 Å². The van der Waals surface area contributed by atoms with Gasteiger partial charge in [-0.15, -0.1) is 0 Å². The number of rotatable bonds is 11. The second-order valence-electron chi connectivity index (χ2n) is 9.85. The van der Waals surface area contributed by atoms with Crippen LogP contribution in [0.1, 0.15) is 84.1 Å². The summed E-state index contributed by atoms with van der Waals surface area (Å²) in [4.78, 5) is 0. The number of allylic oxidation sites excluding steroid dienone is 1. The van der Waals surface area contributed by atoms with Gasteiger partial charge in [0.15, 0.2) is 6.29 Å². The second-order valence-corrected chi connectivity index (χ2v) is 9.85. The molecular formula is C28H44O3. The van der Waals surface area contributed by atoms with E-state index < -0.39 is 0 Å². The third-order valence-electron chi connectivity index (χ3n) is 7.44. The van der Waals surface area contributed by atoms with Gasteiger partial charge in [-0.1, -0.05) is 70.7 Å². The van der Waals surface area contributed by atoms with E-state index in [1.807, 2.05) is 12.1 Å². The van der Waals surface area contributed by atoms with E-state index in [9.17, 15) is 5.11 Å². The van der Waals surface area contributed by atoms with Crippen molar-refractivity contribution < 1.29 is 14.6 Å². The van der Waals surface area contributed by atoms with Gasteiger partial charge in [-0.2, -0.15) is 0 Å². The molecule has 31 heavy (non-hydrogen) atoms. The van der Waals surface area contributed by atoms with Crippen molar-refractivity contribution in [2.24, 2.45) is 23.7 Å². The first-order chi connectivity index (χ1) is 15.1. The van der Waals surface area contributed by atoms with Crippen molar-refractivity contribution >= 4 is 0 Å². The van der Waals surface area contributed by atoms with E-state index in [-0.39, 0.29) is 12.4 Å². The summed E-state index contributed by atoms with van der Waals surface area (Å²) in [5.41, 5.74) is 1.25. The van der Waals surface area contributed by atoms with E-state index in [1.165, 1.54) is 44.1 Å². The zero-order valence-electron chi connectivity index (χ0n) is 20.0. The highest BCUT2D eigenvalue weighted by Gasteiger charge is 2.38. The smallest absolute Gasteiger partial charge is 0.158 e.